The Morgan fingerprint density at radius 1 is 1.37 bits per heavy atom. The fourth-order valence-electron chi connectivity index (χ4n) is 1.91. The SMILES string of the molecule is CCN(CC)CCCNc1cc(Cl)ccc1C(=O)O. The molecule has 1 aromatic rings. The highest BCUT2D eigenvalue weighted by atomic mass is 35.5. The van der Waals surface area contributed by atoms with Gasteiger partial charge in [0, 0.05) is 11.6 Å². The molecule has 0 saturated heterocycles. The molecule has 19 heavy (non-hydrogen) atoms. The van der Waals surface area contributed by atoms with Crippen LogP contribution in [0.1, 0.15) is 30.6 Å². The van der Waals surface area contributed by atoms with Gasteiger partial charge in [0.25, 0.3) is 0 Å². The van der Waals surface area contributed by atoms with Gasteiger partial charge < -0.3 is 15.3 Å². The van der Waals surface area contributed by atoms with Crippen LogP contribution in [0.5, 0.6) is 0 Å². The van der Waals surface area contributed by atoms with E-state index in [1.165, 1.54) is 6.07 Å². The molecule has 0 unspecified atom stereocenters. The van der Waals surface area contributed by atoms with Gasteiger partial charge in [-0.1, -0.05) is 25.4 Å². The molecule has 0 aromatic heterocycles. The number of hydrogen-bond acceptors (Lipinski definition) is 3. The summed E-state index contributed by atoms with van der Waals surface area (Å²) in [5.74, 6) is -0.942. The molecule has 0 fully saturated rings. The van der Waals surface area contributed by atoms with E-state index in [0.717, 1.165) is 32.6 Å². The van der Waals surface area contributed by atoms with Crippen LogP contribution in [-0.2, 0) is 0 Å². The predicted octanol–water partition coefficient (Wildman–Crippen LogP) is 3.18. The highest BCUT2D eigenvalue weighted by Crippen LogP contribution is 2.21. The zero-order valence-corrected chi connectivity index (χ0v) is 12.2. The van der Waals surface area contributed by atoms with Gasteiger partial charge >= 0.3 is 5.97 Å². The second kappa shape index (κ2) is 8.02. The van der Waals surface area contributed by atoms with Gasteiger partial charge in [-0.05, 0) is 44.3 Å². The number of benzene rings is 1. The molecule has 0 amide bonds. The average molecular weight is 285 g/mol. The molecule has 0 aliphatic heterocycles. The van der Waals surface area contributed by atoms with Crippen molar-refractivity contribution in [2.75, 3.05) is 31.5 Å². The second-order valence-electron chi connectivity index (χ2n) is 4.30. The average Bonchev–Trinajstić information content (AvgIpc) is 2.38. The Kier molecular flexibility index (Phi) is 6.67. The summed E-state index contributed by atoms with van der Waals surface area (Å²) in [6, 6.07) is 4.77. The van der Waals surface area contributed by atoms with Crippen molar-refractivity contribution in [3.63, 3.8) is 0 Å². The third-order valence-corrected chi connectivity index (χ3v) is 3.31. The molecule has 0 heterocycles. The van der Waals surface area contributed by atoms with Gasteiger partial charge in [0.2, 0.25) is 0 Å². The van der Waals surface area contributed by atoms with Crippen molar-refractivity contribution < 1.29 is 9.90 Å². The zero-order valence-electron chi connectivity index (χ0n) is 11.4. The van der Waals surface area contributed by atoms with Crippen molar-refractivity contribution in [1.82, 2.24) is 4.90 Å². The fourth-order valence-corrected chi connectivity index (χ4v) is 2.09. The first kappa shape index (κ1) is 15.8. The minimum Gasteiger partial charge on any atom is -0.478 e. The van der Waals surface area contributed by atoms with Gasteiger partial charge in [0.05, 0.1) is 11.3 Å². The lowest BCUT2D eigenvalue weighted by atomic mass is 10.1. The minimum atomic E-state index is -0.942. The summed E-state index contributed by atoms with van der Waals surface area (Å²) in [5.41, 5.74) is 0.840. The Morgan fingerprint density at radius 3 is 2.63 bits per heavy atom. The number of nitrogens with zero attached hydrogens (tertiary/aromatic N) is 1. The van der Waals surface area contributed by atoms with Gasteiger partial charge in [-0.15, -0.1) is 0 Å². The molecule has 5 heteroatoms. The first-order chi connectivity index (χ1) is 9.08. The van der Waals surface area contributed by atoms with E-state index >= 15 is 0 Å². The van der Waals surface area contributed by atoms with Crippen LogP contribution in [0.15, 0.2) is 18.2 Å². The van der Waals surface area contributed by atoms with Gasteiger partial charge in [0.1, 0.15) is 0 Å². The number of anilines is 1. The van der Waals surface area contributed by atoms with Gasteiger partial charge in [-0.3, -0.25) is 0 Å². The number of halogens is 1. The molecule has 1 rings (SSSR count). The first-order valence-corrected chi connectivity index (χ1v) is 6.95. The molecular weight excluding hydrogens is 264 g/mol. The summed E-state index contributed by atoms with van der Waals surface area (Å²) in [5, 5.41) is 12.8. The quantitative estimate of drug-likeness (QED) is 0.720. The lowest BCUT2D eigenvalue weighted by Gasteiger charge is -2.18. The van der Waals surface area contributed by atoms with Crippen LogP contribution in [-0.4, -0.2) is 42.2 Å². The van der Waals surface area contributed by atoms with Gasteiger partial charge in [-0.2, -0.15) is 0 Å². The molecule has 106 valence electrons. The van der Waals surface area contributed by atoms with Crippen molar-refractivity contribution in [3.05, 3.63) is 28.8 Å². The number of aromatic carboxylic acids is 1. The van der Waals surface area contributed by atoms with Gasteiger partial charge in [-0.25, -0.2) is 4.79 Å². The highest BCUT2D eigenvalue weighted by molar-refractivity contribution is 6.31. The van der Waals surface area contributed by atoms with Crippen LogP contribution in [0.3, 0.4) is 0 Å². The standard InChI is InChI=1S/C14H21ClN2O2/c1-3-17(4-2)9-5-8-16-13-10-11(15)6-7-12(13)14(18)19/h6-7,10,16H,3-5,8-9H2,1-2H3,(H,18,19). The van der Waals surface area contributed by atoms with E-state index in [-0.39, 0.29) is 5.56 Å². The lowest BCUT2D eigenvalue weighted by molar-refractivity contribution is 0.0698. The predicted molar refractivity (Wildman–Crippen MR) is 79.3 cm³/mol. The molecule has 1 aromatic carbocycles. The summed E-state index contributed by atoms with van der Waals surface area (Å²) < 4.78 is 0. The summed E-state index contributed by atoms with van der Waals surface area (Å²) >= 11 is 5.89. The van der Waals surface area contributed by atoms with Crippen molar-refractivity contribution in [1.29, 1.82) is 0 Å². The number of carboxylic acid groups (broad SMARTS) is 1. The molecule has 0 aliphatic rings. The van der Waals surface area contributed by atoms with E-state index in [1.54, 1.807) is 12.1 Å². The molecule has 0 aliphatic carbocycles. The smallest absolute Gasteiger partial charge is 0.337 e. The second-order valence-corrected chi connectivity index (χ2v) is 4.74. The van der Waals surface area contributed by atoms with Crippen LogP contribution in [0.2, 0.25) is 5.02 Å². The molecule has 0 saturated carbocycles. The number of hydrogen-bond donors (Lipinski definition) is 2. The van der Waals surface area contributed by atoms with E-state index in [4.69, 9.17) is 16.7 Å². The first-order valence-electron chi connectivity index (χ1n) is 6.57. The van der Waals surface area contributed by atoms with Crippen molar-refractivity contribution in [2.45, 2.75) is 20.3 Å². The molecule has 0 atom stereocenters. The number of rotatable bonds is 8. The van der Waals surface area contributed by atoms with Crippen molar-refractivity contribution in [2.24, 2.45) is 0 Å². The maximum absolute atomic E-state index is 11.1. The fraction of sp³-hybridized carbons (Fsp3) is 0.500. The molecule has 2 N–H and O–H groups in total. The lowest BCUT2D eigenvalue weighted by Crippen LogP contribution is -2.25. The number of carboxylic acids is 1. The largest absolute Gasteiger partial charge is 0.478 e. The summed E-state index contributed by atoms with van der Waals surface area (Å²) in [4.78, 5) is 13.4. The Labute approximate surface area is 119 Å². The molecule has 4 nitrogen and oxygen atoms in total. The molecule has 0 spiro atoms. The van der Waals surface area contributed by atoms with Crippen LogP contribution in [0.25, 0.3) is 0 Å². The Balaban J connectivity index is 2.53. The number of nitrogens with one attached hydrogen (secondary N) is 1. The van der Waals surface area contributed by atoms with Crippen LogP contribution in [0.4, 0.5) is 5.69 Å². The Hall–Kier alpha value is -1.26. The Bertz CT molecular complexity index is 420. The summed E-state index contributed by atoms with van der Waals surface area (Å²) in [7, 11) is 0. The topological polar surface area (TPSA) is 52.6 Å². The molecular formula is C14H21ClN2O2. The zero-order chi connectivity index (χ0) is 14.3. The maximum Gasteiger partial charge on any atom is 0.337 e. The summed E-state index contributed by atoms with van der Waals surface area (Å²) in [6.07, 6.45) is 0.966. The van der Waals surface area contributed by atoms with Crippen molar-refractivity contribution >= 4 is 23.3 Å². The minimum absolute atomic E-state index is 0.257. The van der Waals surface area contributed by atoms with E-state index in [0.29, 0.717) is 10.7 Å². The van der Waals surface area contributed by atoms with Crippen LogP contribution in [0, 0.1) is 0 Å². The van der Waals surface area contributed by atoms with Gasteiger partial charge in [0.15, 0.2) is 0 Å². The monoisotopic (exact) mass is 284 g/mol. The maximum atomic E-state index is 11.1. The highest BCUT2D eigenvalue weighted by Gasteiger charge is 2.10. The van der Waals surface area contributed by atoms with Crippen LogP contribution >= 0.6 is 11.6 Å². The Morgan fingerprint density at radius 2 is 2.05 bits per heavy atom. The third-order valence-electron chi connectivity index (χ3n) is 3.07. The van der Waals surface area contributed by atoms with Crippen LogP contribution < -0.4 is 5.32 Å². The van der Waals surface area contributed by atoms with E-state index < -0.39 is 5.97 Å². The van der Waals surface area contributed by atoms with E-state index in [2.05, 4.69) is 24.1 Å². The molecule has 0 bridgehead atoms. The van der Waals surface area contributed by atoms with E-state index in [1.807, 2.05) is 0 Å². The molecule has 0 radical (unpaired) electrons. The van der Waals surface area contributed by atoms with E-state index in [9.17, 15) is 4.79 Å². The summed E-state index contributed by atoms with van der Waals surface area (Å²) in [6.45, 7) is 8.08. The number of carbonyl (C=O) groups is 1. The van der Waals surface area contributed by atoms with Crippen molar-refractivity contribution in [3.8, 4) is 0 Å². The third kappa shape index (κ3) is 5.09. The normalized spacial score (nSPS) is 10.7.